The fourth-order valence-electron chi connectivity index (χ4n) is 1.63. The highest BCUT2D eigenvalue weighted by Gasteiger charge is 2.04. The van der Waals surface area contributed by atoms with E-state index >= 15 is 0 Å². The number of thiophene rings is 1. The number of rotatable bonds is 4. The minimum atomic E-state index is 0.0490. The van der Waals surface area contributed by atoms with Crippen LogP contribution in [0.25, 0.3) is 0 Å². The van der Waals surface area contributed by atoms with Gasteiger partial charge in [0.2, 0.25) is 5.91 Å². The van der Waals surface area contributed by atoms with Crippen molar-refractivity contribution in [1.82, 2.24) is 5.32 Å². The molecule has 4 heteroatoms. The van der Waals surface area contributed by atoms with E-state index in [1.165, 1.54) is 9.75 Å². The number of carbonyl (C=O) groups is 1. The van der Waals surface area contributed by atoms with Crippen LogP contribution in [0.5, 0.6) is 0 Å². The summed E-state index contributed by atoms with van der Waals surface area (Å²) in [6.07, 6.45) is 0.415. The Bertz CT molecular complexity index is 531. The lowest BCUT2D eigenvalue weighted by Crippen LogP contribution is -2.24. The zero-order valence-electron chi connectivity index (χ0n) is 10.1. The summed E-state index contributed by atoms with van der Waals surface area (Å²) in [5.41, 5.74) is 1.01. The molecule has 1 amide bonds. The molecule has 1 N–H and O–H groups in total. The van der Waals surface area contributed by atoms with Gasteiger partial charge in [-0.15, -0.1) is 24.0 Å². The van der Waals surface area contributed by atoms with E-state index in [2.05, 4.69) is 37.0 Å². The molecule has 0 aliphatic heterocycles. The third-order valence-electron chi connectivity index (χ3n) is 2.56. The fraction of sp³-hybridized carbons (Fsp3) is 0.214. The molecule has 1 heterocycles. The number of thiol groups is 1. The van der Waals surface area contributed by atoms with E-state index in [0.717, 1.165) is 10.5 Å². The van der Waals surface area contributed by atoms with Crippen molar-refractivity contribution in [3.8, 4) is 0 Å². The Kier molecular flexibility index (Phi) is 4.44. The van der Waals surface area contributed by atoms with Crippen LogP contribution in [-0.4, -0.2) is 5.91 Å². The Morgan fingerprint density at radius 2 is 1.94 bits per heavy atom. The largest absolute Gasteiger partial charge is 0.351 e. The van der Waals surface area contributed by atoms with Crippen molar-refractivity contribution in [2.45, 2.75) is 24.8 Å². The number of nitrogens with one attached hydrogen (secondary N) is 1. The molecule has 0 radical (unpaired) electrons. The quantitative estimate of drug-likeness (QED) is 0.826. The van der Waals surface area contributed by atoms with Gasteiger partial charge in [0.1, 0.15) is 0 Å². The van der Waals surface area contributed by atoms with Crippen molar-refractivity contribution < 1.29 is 4.79 Å². The summed E-state index contributed by atoms with van der Waals surface area (Å²) in [5, 5.41) is 2.93. The monoisotopic (exact) mass is 277 g/mol. The molecule has 2 aromatic rings. The number of carbonyl (C=O) groups excluding carboxylic acids is 1. The highest BCUT2D eigenvalue weighted by molar-refractivity contribution is 7.80. The van der Waals surface area contributed by atoms with Crippen LogP contribution < -0.4 is 5.32 Å². The lowest BCUT2D eigenvalue weighted by atomic mass is 10.1. The normalized spacial score (nSPS) is 10.3. The van der Waals surface area contributed by atoms with Crippen LogP contribution in [0.1, 0.15) is 15.3 Å². The van der Waals surface area contributed by atoms with E-state index in [-0.39, 0.29) is 5.91 Å². The topological polar surface area (TPSA) is 29.1 Å². The van der Waals surface area contributed by atoms with Gasteiger partial charge in [0, 0.05) is 14.6 Å². The zero-order chi connectivity index (χ0) is 13.0. The summed E-state index contributed by atoms with van der Waals surface area (Å²) in [5.74, 6) is 0.0490. The van der Waals surface area contributed by atoms with Gasteiger partial charge in [0.15, 0.2) is 0 Å². The molecule has 2 rings (SSSR count). The molecule has 0 aliphatic rings. The number of hydrogen-bond donors (Lipinski definition) is 2. The van der Waals surface area contributed by atoms with Crippen LogP contribution in [0.4, 0.5) is 0 Å². The number of hydrogen-bond acceptors (Lipinski definition) is 3. The molecule has 0 spiro atoms. The first kappa shape index (κ1) is 13.2. The maximum absolute atomic E-state index is 11.8. The average Bonchev–Trinajstić information content (AvgIpc) is 2.76. The molecule has 0 bridgehead atoms. The molecule has 2 nitrogen and oxygen atoms in total. The maximum Gasteiger partial charge on any atom is 0.224 e. The van der Waals surface area contributed by atoms with Crippen LogP contribution in [-0.2, 0) is 17.8 Å². The van der Waals surface area contributed by atoms with Gasteiger partial charge < -0.3 is 5.32 Å². The summed E-state index contributed by atoms with van der Waals surface area (Å²) in [7, 11) is 0. The summed E-state index contributed by atoms with van der Waals surface area (Å²) < 4.78 is 0. The van der Waals surface area contributed by atoms with Crippen molar-refractivity contribution in [3.63, 3.8) is 0 Å². The van der Waals surface area contributed by atoms with Crippen molar-refractivity contribution in [2.75, 3.05) is 0 Å². The van der Waals surface area contributed by atoms with E-state index in [1.54, 1.807) is 11.3 Å². The molecule has 0 atom stereocenters. The Morgan fingerprint density at radius 1 is 1.22 bits per heavy atom. The van der Waals surface area contributed by atoms with Crippen LogP contribution in [0.2, 0.25) is 0 Å². The van der Waals surface area contributed by atoms with Gasteiger partial charge in [-0.3, -0.25) is 4.79 Å². The molecule has 94 valence electrons. The van der Waals surface area contributed by atoms with Crippen molar-refractivity contribution in [1.29, 1.82) is 0 Å². The van der Waals surface area contributed by atoms with Crippen LogP contribution in [0.15, 0.2) is 41.3 Å². The van der Waals surface area contributed by atoms with Crippen molar-refractivity contribution in [2.24, 2.45) is 0 Å². The van der Waals surface area contributed by atoms with Crippen molar-refractivity contribution in [3.05, 3.63) is 51.7 Å². The summed E-state index contributed by atoms with van der Waals surface area (Å²) >= 11 is 5.93. The first-order chi connectivity index (χ1) is 8.63. The average molecular weight is 277 g/mol. The van der Waals surface area contributed by atoms with Gasteiger partial charge in [0.25, 0.3) is 0 Å². The first-order valence-electron chi connectivity index (χ1n) is 5.73. The zero-order valence-corrected chi connectivity index (χ0v) is 11.9. The SMILES string of the molecule is Cc1ccc(CNC(=O)Cc2ccc(S)cc2)s1. The van der Waals surface area contributed by atoms with Crippen LogP contribution in [0, 0.1) is 6.92 Å². The minimum absolute atomic E-state index is 0.0490. The van der Waals surface area contributed by atoms with Gasteiger partial charge in [-0.05, 0) is 36.8 Å². The third kappa shape index (κ3) is 3.89. The lowest BCUT2D eigenvalue weighted by molar-refractivity contribution is -0.120. The predicted molar refractivity (Wildman–Crippen MR) is 78.3 cm³/mol. The molecular weight excluding hydrogens is 262 g/mol. The van der Waals surface area contributed by atoms with Gasteiger partial charge in [-0.1, -0.05) is 12.1 Å². The molecule has 0 unspecified atom stereocenters. The van der Waals surface area contributed by atoms with E-state index in [9.17, 15) is 4.79 Å². The number of benzene rings is 1. The minimum Gasteiger partial charge on any atom is -0.351 e. The van der Waals surface area contributed by atoms with Gasteiger partial charge in [-0.25, -0.2) is 0 Å². The van der Waals surface area contributed by atoms with Crippen LogP contribution >= 0.6 is 24.0 Å². The smallest absolute Gasteiger partial charge is 0.224 e. The van der Waals surface area contributed by atoms with E-state index in [1.807, 2.05) is 24.3 Å². The molecule has 0 fully saturated rings. The predicted octanol–water partition coefficient (Wildman–Crippen LogP) is 3.20. The molecular formula is C14H15NOS2. The maximum atomic E-state index is 11.8. The lowest BCUT2D eigenvalue weighted by Gasteiger charge is -2.04. The Hall–Kier alpha value is -1.26. The van der Waals surface area contributed by atoms with Crippen molar-refractivity contribution >= 4 is 29.9 Å². The van der Waals surface area contributed by atoms with Gasteiger partial charge in [-0.2, -0.15) is 0 Å². The highest BCUT2D eigenvalue weighted by Crippen LogP contribution is 2.14. The van der Waals surface area contributed by atoms with E-state index in [4.69, 9.17) is 0 Å². The molecule has 18 heavy (non-hydrogen) atoms. The van der Waals surface area contributed by atoms with Gasteiger partial charge >= 0.3 is 0 Å². The molecule has 1 aromatic carbocycles. The Labute approximate surface area is 116 Å². The second kappa shape index (κ2) is 6.07. The second-order valence-corrected chi connectivity index (χ2v) is 6.02. The van der Waals surface area contributed by atoms with Crippen LogP contribution in [0.3, 0.4) is 0 Å². The molecule has 0 saturated heterocycles. The van der Waals surface area contributed by atoms with E-state index < -0.39 is 0 Å². The van der Waals surface area contributed by atoms with E-state index in [0.29, 0.717) is 13.0 Å². The first-order valence-corrected chi connectivity index (χ1v) is 7.00. The third-order valence-corrected chi connectivity index (χ3v) is 3.86. The fourth-order valence-corrected chi connectivity index (χ4v) is 2.61. The Morgan fingerprint density at radius 3 is 2.56 bits per heavy atom. The molecule has 0 saturated carbocycles. The van der Waals surface area contributed by atoms with Gasteiger partial charge in [0.05, 0.1) is 13.0 Å². The number of aryl methyl sites for hydroxylation is 1. The Balaban J connectivity index is 1.83. The number of amides is 1. The standard InChI is InChI=1S/C14H15NOS2/c1-10-2-7-13(18-10)9-15-14(16)8-11-3-5-12(17)6-4-11/h2-7,17H,8-9H2,1H3,(H,15,16). The molecule has 1 aromatic heterocycles. The second-order valence-electron chi connectivity index (χ2n) is 4.13. The summed E-state index contributed by atoms with van der Waals surface area (Å²) in [4.78, 5) is 15.1. The summed E-state index contributed by atoms with van der Waals surface area (Å²) in [6.45, 7) is 2.68. The molecule has 0 aliphatic carbocycles. The highest BCUT2D eigenvalue weighted by atomic mass is 32.1. The summed E-state index contributed by atoms with van der Waals surface area (Å²) in [6, 6.07) is 11.8.